The van der Waals surface area contributed by atoms with Crippen LogP contribution < -0.4 is 0 Å². The molecule has 0 unspecified atom stereocenters. The molecule has 1 saturated carbocycles. The summed E-state index contributed by atoms with van der Waals surface area (Å²) in [5.41, 5.74) is 2.44. The fraction of sp³-hybridized carbons (Fsp3) is 0.259. The minimum Gasteiger partial charge on any atom is -0.272 e. The van der Waals surface area contributed by atoms with Gasteiger partial charge >= 0.3 is 0 Å². The standard InChI is InChI=1S/C10H13NO2.C9H10.C8H8/c12-9-6-7-10(13)11(9)8-4-2-1-3-5-8;1-2-6-9-7-4-3-5-8-9;1-2-8-6-4-3-5-7-8/h6-8H,1-5H2;2-8H,1H3;2-7H,1H2. The van der Waals surface area contributed by atoms with Crippen LogP contribution in [0.1, 0.15) is 50.2 Å². The van der Waals surface area contributed by atoms with Crippen LogP contribution in [0.25, 0.3) is 12.2 Å². The molecule has 0 atom stereocenters. The Kier molecular flexibility index (Phi) is 10.1. The van der Waals surface area contributed by atoms with Crippen LogP contribution in [0.5, 0.6) is 0 Å². The average Bonchev–Trinajstić information content (AvgIpc) is 3.15. The number of imide groups is 1. The van der Waals surface area contributed by atoms with E-state index in [0.29, 0.717) is 0 Å². The van der Waals surface area contributed by atoms with E-state index in [4.69, 9.17) is 0 Å². The molecular formula is C27H31NO2. The van der Waals surface area contributed by atoms with Gasteiger partial charge in [-0.1, -0.05) is 105 Å². The molecule has 1 aliphatic carbocycles. The number of nitrogens with zero attached hydrogens (tertiary/aromatic N) is 1. The number of benzene rings is 2. The lowest BCUT2D eigenvalue weighted by molar-refractivity contribution is -0.140. The topological polar surface area (TPSA) is 37.4 Å². The molecule has 0 saturated heterocycles. The predicted octanol–water partition coefficient (Wildman–Crippen LogP) is 6.29. The lowest BCUT2D eigenvalue weighted by atomic mass is 9.94. The van der Waals surface area contributed by atoms with Crippen molar-refractivity contribution in [1.82, 2.24) is 4.90 Å². The summed E-state index contributed by atoms with van der Waals surface area (Å²) in [6, 6.07) is 20.5. The number of hydrogen-bond donors (Lipinski definition) is 0. The molecule has 0 radical (unpaired) electrons. The van der Waals surface area contributed by atoms with Crippen molar-refractivity contribution in [3.8, 4) is 0 Å². The van der Waals surface area contributed by atoms with Gasteiger partial charge in [0, 0.05) is 18.2 Å². The Bertz CT molecular complexity index is 829. The molecule has 2 aromatic rings. The van der Waals surface area contributed by atoms with Crippen molar-refractivity contribution in [2.24, 2.45) is 0 Å². The van der Waals surface area contributed by atoms with Gasteiger partial charge in [-0.2, -0.15) is 0 Å². The second-order valence-electron chi connectivity index (χ2n) is 7.20. The minimum atomic E-state index is -0.128. The average molecular weight is 402 g/mol. The van der Waals surface area contributed by atoms with E-state index in [2.05, 4.69) is 24.8 Å². The molecule has 1 aliphatic heterocycles. The quantitative estimate of drug-likeness (QED) is 0.567. The van der Waals surface area contributed by atoms with Crippen LogP contribution in [-0.4, -0.2) is 22.8 Å². The van der Waals surface area contributed by atoms with Crippen molar-refractivity contribution in [2.45, 2.75) is 45.1 Å². The summed E-state index contributed by atoms with van der Waals surface area (Å²) in [7, 11) is 0. The maximum absolute atomic E-state index is 11.3. The van der Waals surface area contributed by atoms with Gasteiger partial charge < -0.3 is 0 Å². The van der Waals surface area contributed by atoms with Gasteiger partial charge in [-0.3, -0.25) is 14.5 Å². The van der Waals surface area contributed by atoms with Gasteiger partial charge in [-0.05, 0) is 30.9 Å². The minimum absolute atomic E-state index is 0.128. The van der Waals surface area contributed by atoms with Crippen molar-refractivity contribution in [3.63, 3.8) is 0 Å². The Morgan fingerprint density at radius 2 is 1.30 bits per heavy atom. The molecule has 1 fully saturated rings. The Labute approximate surface area is 180 Å². The van der Waals surface area contributed by atoms with Gasteiger partial charge in [0.25, 0.3) is 11.8 Å². The van der Waals surface area contributed by atoms with Crippen LogP contribution in [0, 0.1) is 0 Å². The van der Waals surface area contributed by atoms with Crippen LogP contribution in [0.4, 0.5) is 0 Å². The van der Waals surface area contributed by atoms with Crippen molar-refractivity contribution in [3.05, 3.63) is 96.6 Å². The fourth-order valence-corrected chi connectivity index (χ4v) is 3.46. The fourth-order valence-electron chi connectivity index (χ4n) is 3.46. The molecule has 4 rings (SSSR count). The maximum Gasteiger partial charge on any atom is 0.253 e. The summed E-state index contributed by atoms with van der Waals surface area (Å²) >= 11 is 0. The SMILES string of the molecule is C=Cc1ccccc1.CC=Cc1ccccc1.O=C1C=CC(=O)N1C1CCCCC1. The largest absolute Gasteiger partial charge is 0.272 e. The summed E-state index contributed by atoms with van der Waals surface area (Å²) in [5, 5.41) is 0. The summed E-state index contributed by atoms with van der Waals surface area (Å²) in [5.74, 6) is -0.256. The Hall–Kier alpha value is -3.20. The molecule has 0 aromatic heterocycles. The summed E-state index contributed by atoms with van der Waals surface area (Å²) in [6.07, 6.45) is 14.2. The van der Waals surface area contributed by atoms with E-state index in [1.807, 2.05) is 67.6 Å². The summed E-state index contributed by atoms with van der Waals surface area (Å²) in [4.78, 5) is 24.0. The van der Waals surface area contributed by atoms with Crippen molar-refractivity contribution < 1.29 is 9.59 Å². The van der Waals surface area contributed by atoms with Crippen LogP contribution in [-0.2, 0) is 9.59 Å². The molecule has 30 heavy (non-hydrogen) atoms. The van der Waals surface area contributed by atoms with Crippen LogP contribution in [0.3, 0.4) is 0 Å². The lowest BCUT2D eigenvalue weighted by Crippen LogP contribution is -2.41. The highest BCUT2D eigenvalue weighted by Gasteiger charge is 2.31. The molecule has 156 valence electrons. The third-order valence-electron chi connectivity index (χ3n) is 4.98. The third-order valence-corrected chi connectivity index (χ3v) is 4.98. The molecule has 2 aliphatic rings. The lowest BCUT2D eigenvalue weighted by Gasteiger charge is -2.29. The molecule has 1 heterocycles. The Morgan fingerprint density at radius 3 is 1.73 bits per heavy atom. The highest BCUT2D eigenvalue weighted by Crippen LogP contribution is 2.24. The normalized spacial score (nSPS) is 16.0. The highest BCUT2D eigenvalue weighted by molar-refractivity contribution is 6.13. The summed E-state index contributed by atoms with van der Waals surface area (Å²) < 4.78 is 0. The van der Waals surface area contributed by atoms with Gasteiger partial charge in [0.05, 0.1) is 0 Å². The number of carbonyl (C=O) groups is 2. The zero-order chi connectivity index (χ0) is 21.6. The summed E-state index contributed by atoms with van der Waals surface area (Å²) in [6.45, 7) is 5.65. The maximum atomic E-state index is 11.3. The first-order valence-electron chi connectivity index (χ1n) is 10.6. The van der Waals surface area contributed by atoms with Gasteiger partial charge in [-0.25, -0.2) is 0 Å². The molecule has 2 aromatic carbocycles. The van der Waals surface area contributed by atoms with E-state index < -0.39 is 0 Å². The number of allylic oxidation sites excluding steroid dienone is 1. The van der Waals surface area contributed by atoms with E-state index in [-0.39, 0.29) is 17.9 Å². The smallest absolute Gasteiger partial charge is 0.253 e. The van der Waals surface area contributed by atoms with Gasteiger partial charge in [-0.15, -0.1) is 0 Å². The van der Waals surface area contributed by atoms with Crippen LogP contribution in [0.2, 0.25) is 0 Å². The third kappa shape index (κ3) is 7.67. The van der Waals surface area contributed by atoms with Crippen molar-refractivity contribution >= 4 is 24.0 Å². The van der Waals surface area contributed by atoms with Crippen molar-refractivity contribution in [1.29, 1.82) is 0 Å². The zero-order valence-electron chi connectivity index (χ0n) is 17.7. The van der Waals surface area contributed by atoms with Crippen LogP contribution in [0.15, 0.2) is 85.5 Å². The first-order chi connectivity index (χ1) is 14.7. The van der Waals surface area contributed by atoms with E-state index >= 15 is 0 Å². The number of rotatable bonds is 3. The number of amides is 2. The molecular weight excluding hydrogens is 370 g/mol. The van der Waals surface area contributed by atoms with E-state index in [9.17, 15) is 9.59 Å². The molecule has 0 bridgehead atoms. The Balaban J connectivity index is 0.000000167. The van der Waals surface area contributed by atoms with Gasteiger partial charge in [0.2, 0.25) is 0 Å². The Morgan fingerprint density at radius 1 is 0.800 bits per heavy atom. The second-order valence-corrected chi connectivity index (χ2v) is 7.20. The first-order valence-corrected chi connectivity index (χ1v) is 10.6. The second kappa shape index (κ2) is 13.1. The van der Waals surface area contributed by atoms with Gasteiger partial charge in [0.1, 0.15) is 0 Å². The number of carbonyl (C=O) groups excluding carboxylic acids is 2. The molecule has 0 spiro atoms. The van der Waals surface area contributed by atoms with E-state index in [1.165, 1.54) is 34.6 Å². The molecule has 0 N–H and O–H groups in total. The zero-order valence-corrected chi connectivity index (χ0v) is 17.7. The predicted molar refractivity (Wildman–Crippen MR) is 126 cm³/mol. The van der Waals surface area contributed by atoms with Crippen molar-refractivity contribution in [2.75, 3.05) is 0 Å². The molecule has 2 amide bonds. The monoisotopic (exact) mass is 401 g/mol. The van der Waals surface area contributed by atoms with Gasteiger partial charge in [0.15, 0.2) is 0 Å². The van der Waals surface area contributed by atoms with Crippen LogP contribution >= 0.6 is 0 Å². The van der Waals surface area contributed by atoms with E-state index in [0.717, 1.165) is 25.7 Å². The number of hydrogen-bond acceptors (Lipinski definition) is 2. The molecule has 3 nitrogen and oxygen atoms in total. The highest BCUT2D eigenvalue weighted by atomic mass is 16.2. The first kappa shape index (κ1) is 23.1. The van der Waals surface area contributed by atoms with E-state index in [1.54, 1.807) is 0 Å². The molecule has 3 heteroatoms.